The molecule has 0 atom stereocenters. The Morgan fingerprint density at radius 2 is 1.22 bits per heavy atom. The van der Waals surface area contributed by atoms with E-state index < -0.39 is 0 Å². The quantitative estimate of drug-likeness (QED) is 0.463. The lowest BCUT2D eigenvalue weighted by molar-refractivity contribution is 1.35. The van der Waals surface area contributed by atoms with Crippen LogP contribution in [0, 0.1) is 0 Å². The summed E-state index contributed by atoms with van der Waals surface area (Å²) in [6, 6.07) is 0. The normalized spacial score (nSPS) is 16.0. The standard InChI is InChI=1S/C9H14/c1-6(2)8-5-9(8)7(3)4/h5H2,1-4H3. The van der Waals surface area contributed by atoms with Crippen LogP contribution in [0.15, 0.2) is 22.3 Å². The molecule has 0 heteroatoms. The zero-order valence-corrected chi connectivity index (χ0v) is 6.71. The topological polar surface area (TPSA) is 0 Å². The summed E-state index contributed by atoms with van der Waals surface area (Å²) in [4.78, 5) is 0. The van der Waals surface area contributed by atoms with Gasteiger partial charge in [-0.05, 0) is 45.3 Å². The summed E-state index contributed by atoms with van der Waals surface area (Å²) < 4.78 is 0. The van der Waals surface area contributed by atoms with Gasteiger partial charge in [0.2, 0.25) is 0 Å². The Morgan fingerprint density at radius 1 is 0.889 bits per heavy atom. The highest BCUT2D eigenvalue weighted by Crippen LogP contribution is 2.41. The zero-order chi connectivity index (χ0) is 7.02. The first kappa shape index (κ1) is 6.60. The molecule has 9 heavy (non-hydrogen) atoms. The average Bonchev–Trinajstić information content (AvgIpc) is 2.39. The molecule has 1 fully saturated rings. The van der Waals surface area contributed by atoms with Gasteiger partial charge in [0.05, 0.1) is 0 Å². The molecule has 0 nitrogen and oxygen atoms in total. The molecule has 0 aromatic heterocycles. The van der Waals surface area contributed by atoms with Crippen LogP contribution in [0.4, 0.5) is 0 Å². The Labute approximate surface area is 57.3 Å². The van der Waals surface area contributed by atoms with Crippen molar-refractivity contribution in [1.29, 1.82) is 0 Å². The molecule has 1 aliphatic rings. The maximum atomic E-state index is 2.19. The SMILES string of the molecule is CC(C)=C1CC1=C(C)C. The van der Waals surface area contributed by atoms with E-state index >= 15 is 0 Å². The van der Waals surface area contributed by atoms with E-state index in [1.54, 1.807) is 11.1 Å². The van der Waals surface area contributed by atoms with E-state index in [1.807, 2.05) is 0 Å². The second-order valence-corrected chi connectivity index (χ2v) is 3.13. The molecule has 0 heterocycles. The lowest BCUT2D eigenvalue weighted by Gasteiger charge is -1.83. The fourth-order valence-corrected chi connectivity index (χ4v) is 1.09. The molecule has 0 saturated heterocycles. The minimum Gasteiger partial charge on any atom is -0.0726 e. The van der Waals surface area contributed by atoms with Crippen molar-refractivity contribution in [2.75, 3.05) is 0 Å². The fraction of sp³-hybridized carbons (Fsp3) is 0.556. The van der Waals surface area contributed by atoms with Crippen LogP contribution in [0.2, 0.25) is 0 Å². The molecule has 1 saturated carbocycles. The number of rotatable bonds is 0. The molecule has 0 N–H and O–H groups in total. The summed E-state index contributed by atoms with van der Waals surface area (Å²) in [5.41, 5.74) is 6.17. The first-order chi connectivity index (χ1) is 4.13. The van der Waals surface area contributed by atoms with Crippen molar-refractivity contribution in [1.82, 2.24) is 0 Å². The molecular weight excluding hydrogens is 108 g/mol. The molecule has 0 aromatic rings. The summed E-state index contributed by atoms with van der Waals surface area (Å²) in [6.07, 6.45) is 1.25. The predicted octanol–water partition coefficient (Wildman–Crippen LogP) is 3.06. The Balaban J connectivity index is 2.83. The highest BCUT2D eigenvalue weighted by molar-refractivity contribution is 5.54. The van der Waals surface area contributed by atoms with E-state index in [2.05, 4.69) is 27.7 Å². The Morgan fingerprint density at radius 3 is 1.33 bits per heavy atom. The third-order valence-electron chi connectivity index (χ3n) is 1.80. The van der Waals surface area contributed by atoms with Gasteiger partial charge in [-0.25, -0.2) is 0 Å². The van der Waals surface area contributed by atoms with Crippen LogP contribution in [-0.2, 0) is 0 Å². The van der Waals surface area contributed by atoms with Crippen LogP contribution in [-0.4, -0.2) is 0 Å². The fourth-order valence-electron chi connectivity index (χ4n) is 1.09. The third-order valence-corrected chi connectivity index (χ3v) is 1.80. The summed E-state index contributed by atoms with van der Waals surface area (Å²) in [7, 11) is 0. The van der Waals surface area contributed by atoms with Crippen molar-refractivity contribution in [2.24, 2.45) is 0 Å². The highest BCUT2D eigenvalue weighted by Gasteiger charge is 2.22. The maximum Gasteiger partial charge on any atom is -0.00214 e. The van der Waals surface area contributed by atoms with Gasteiger partial charge in [-0.3, -0.25) is 0 Å². The molecule has 0 unspecified atom stereocenters. The number of hydrogen-bond acceptors (Lipinski definition) is 0. The van der Waals surface area contributed by atoms with Crippen molar-refractivity contribution in [3.05, 3.63) is 22.3 Å². The Hall–Kier alpha value is -0.520. The highest BCUT2D eigenvalue weighted by atomic mass is 14.3. The molecule has 0 bridgehead atoms. The minimum atomic E-state index is 1.25. The van der Waals surface area contributed by atoms with Crippen LogP contribution in [0.1, 0.15) is 34.1 Å². The van der Waals surface area contributed by atoms with Crippen LogP contribution >= 0.6 is 0 Å². The Kier molecular flexibility index (Phi) is 1.48. The van der Waals surface area contributed by atoms with Gasteiger partial charge in [0.25, 0.3) is 0 Å². The molecule has 0 aromatic carbocycles. The van der Waals surface area contributed by atoms with E-state index in [9.17, 15) is 0 Å². The van der Waals surface area contributed by atoms with Crippen molar-refractivity contribution >= 4 is 0 Å². The zero-order valence-electron chi connectivity index (χ0n) is 6.71. The second kappa shape index (κ2) is 2.02. The van der Waals surface area contributed by atoms with Gasteiger partial charge in [0.15, 0.2) is 0 Å². The smallest absolute Gasteiger partial charge is 0.00214 e. The van der Waals surface area contributed by atoms with Crippen LogP contribution < -0.4 is 0 Å². The van der Waals surface area contributed by atoms with E-state index in [-0.39, 0.29) is 0 Å². The first-order valence-corrected chi connectivity index (χ1v) is 3.46. The van der Waals surface area contributed by atoms with Gasteiger partial charge < -0.3 is 0 Å². The van der Waals surface area contributed by atoms with E-state index in [1.165, 1.54) is 17.6 Å². The summed E-state index contributed by atoms with van der Waals surface area (Å²) in [5, 5.41) is 0. The van der Waals surface area contributed by atoms with Crippen molar-refractivity contribution in [3.8, 4) is 0 Å². The van der Waals surface area contributed by atoms with Gasteiger partial charge in [0, 0.05) is 0 Å². The molecule has 1 rings (SSSR count). The summed E-state index contributed by atoms with van der Waals surface area (Å²) in [6.45, 7) is 8.74. The van der Waals surface area contributed by atoms with E-state index in [4.69, 9.17) is 0 Å². The Bertz CT molecular complexity index is 162. The number of hydrogen-bond donors (Lipinski definition) is 0. The maximum absolute atomic E-state index is 2.19. The second-order valence-electron chi connectivity index (χ2n) is 3.13. The minimum absolute atomic E-state index is 1.25. The largest absolute Gasteiger partial charge is 0.0726 e. The van der Waals surface area contributed by atoms with Crippen LogP contribution in [0.5, 0.6) is 0 Å². The van der Waals surface area contributed by atoms with Gasteiger partial charge in [0.1, 0.15) is 0 Å². The van der Waals surface area contributed by atoms with Crippen molar-refractivity contribution < 1.29 is 0 Å². The van der Waals surface area contributed by atoms with Gasteiger partial charge >= 0.3 is 0 Å². The molecule has 0 radical (unpaired) electrons. The number of allylic oxidation sites excluding steroid dienone is 4. The van der Waals surface area contributed by atoms with Crippen LogP contribution in [0.25, 0.3) is 0 Å². The first-order valence-electron chi connectivity index (χ1n) is 3.46. The van der Waals surface area contributed by atoms with E-state index in [0.29, 0.717) is 0 Å². The molecule has 0 aliphatic heterocycles. The third kappa shape index (κ3) is 1.24. The summed E-state index contributed by atoms with van der Waals surface area (Å²) in [5.74, 6) is 0. The average molecular weight is 122 g/mol. The molecule has 0 spiro atoms. The van der Waals surface area contributed by atoms with Gasteiger partial charge in [-0.2, -0.15) is 0 Å². The summed E-state index contributed by atoms with van der Waals surface area (Å²) >= 11 is 0. The predicted molar refractivity (Wildman–Crippen MR) is 41.4 cm³/mol. The molecular formula is C9H14. The molecule has 50 valence electrons. The molecule has 0 amide bonds. The van der Waals surface area contributed by atoms with Crippen molar-refractivity contribution in [3.63, 3.8) is 0 Å². The van der Waals surface area contributed by atoms with Gasteiger partial charge in [-0.1, -0.05) is 11.1 Å². The lowest BCUT2D eigenvalue weighted by atomic mass is 10.2. The lowest BCUT2D eigenvalue weighted by Crippen LogP contribution is -1.62. The van der Waals surface area contributed by atoms with Crippen LogP contribution in [0.3, 0.4) is 0 Å². The molecule has 1 aliphatic carbocycles. The van der Waals surface area contributed by atoms with Gasteiger partial charge in [-0.15, -0.1) is 0 Å². The monoisotopic (exact) mass is 122 g/mol. The van der Waals surface area contributed by atoms with E-state index in [0.717, 1.165) is 0 Å². The van der Waals surface area contributed by atoms with Crippen molar-refractivity contribution in [2.45, 2.75) is 34.1 Å².